The third-order valence-corrected chi connectivity index (χ3v) is 2.90. The summed E-state index contributed by atoms with van der Waals surface area (Å²) in [6.07, 6.45) is 2.23. The summed E-state index contributed by atoms with van der Waals surface area (Å²) in [5.74, 6) is -0.400. The molecule has 2 aromatic rings. The first kappa shape index (κ1) is 12.8. The molecule has 3 nitrogen and oxygen atoms in total. The molecule has 18 heavy (non-hydrogen) atoms. The Hall–Kier alpha value is -1.68. The lowest BCUT2D eigenvalue weighted by Gasteiger charge is -2.03. The fourth-order valence-electron chi connectivity index (χ4n) is 1.70. The van der Waals surface area contributed by atoms with Crippen LogP contribution in [-0.4, -0.2) is 15.6 Å². The minimum Gasteiger partial charge on any atom is -0.299 e. The van der Waals surface area contributed by atoms with Crippen LogP contribution in [0.2, 0.25) is 5.02 Å². The van der Waals surface area contributed by atoms with E-state index in [2.05, 4.69) is 5.10 Å². The third-order valence-electron chi connectivity index (χ3n) is 2.55. The Morgan fingerprint density at radius 2 is 2.17 bits per heavy atom. The predicted octanol–water partition coefficient (Wildman–Crippen LogP) is 2.57. The van der Waals surface area contributed by atoms with Crippen molar-refractivity contribution in [2.24, 2.45) is 7.05 Å². The van der Waals surface area contributed by atoms with Gasteiger partial charge in [-0.05, 0) is 23.8 Å². The molecule has 0 aliphatic carbocycles. The molecular weight excluding hydrogens is 255 g/mol. The fourth-order valence-corrected chi connectivity index (χ4v) is 1.93. The van der Waals surface area contributed by atoms with Crippen LogP contribution in [0.1, 0.15) is 11.3 Å². The summed E-state index contributed by atoms with van der Waals surface area (Å²) in [6, 6.07) is 5.85. The lowest BCUT2D eigenvalue weighted by atomic mass is 10.1. The van der Waals surface area contributed by atoms with Crippen LogP contribution in [0.15, 0.2) is 30.5 Å². The van der Waals surface area contributed by atoms with E-state index >= 15 is 0 Å². The molecule has 0 aliphatic heterocycles. The topological polar surface area (TPSA) is 34.9 Å². The van der Waals surface area contributed by atoms with Crippen molar-refractivity contribution < 1.29 is 9.18 Å². The van der Waals surface area contributed by atoms with Gasteiger partial charge < -0.3 is 0 Å². The maximum atomic E-state index is 12.9. The van der Waals surface area contributed by atoms with Crippen molar-refractivity contribution in [3.8, 4) is 0 Å². The molecule has 94 valence electrons. The van der Waals surface area contributed by atoms with Gasteiger partial charge in [0.05, 0.1) is 12.1 Å². The lowest BCUT2D eigenvalue weighted by molar-refractivity contribution is -0.117. The van der Waals surface area contributed by atoms with Gasteiger partial charge in [-0.1, -0.05) is 17.7 Å². The zero-order valence-corrected chi connectivity index (χ0v) is 10.6. The van der Waals surface area contributed by atoms with Crippen LogP contribution >= 0.6 is 11.6 Å². The molecule has 1 heterocycles. The first-order valence-electron chi connectivity index (χ1n) is 5.49. The number of carbonyl (C=O) groups is 1. The highest BCUT2D eigenvalue weighted by Crippen LogP contribution is 2.18. The number of hydrogen-bond donors (Lipinski definition) is 0. The number of nitrogens with zero attached hydrogens (tertiary/aromatic N) is 2. The number of carbonyl (C=O) groups excluding carboxylic acids is 1. The Balaban J connectivity index is 2.03. The highest BCUT2D eigenvalue weighted by molar-refractivity contribution is 6.31. The highest BCUT2D eigenvalue weighted by Gasteiger charge is 2.10. The summed E-state index contributed by atoms with van der Waals surface area (Å²) >= 11 is 5.87. The van der Waals surface area contributed by atoms with Gasteiger partial charge in [0.2, 0.25) is 0 Å². The van der Waals surface area contributed by atoms with Crippen molar-refractivity contribution in [2.75, 3.05) is 0 Å². The molecule has 0 saturated carbocycles. The summed E-state index contributed by atoms with van der Waals surface area (Å²) < 4.78 is 14.5. The molecule has 5 heteroatoms. The van der Waals surface area contributed by atoms with Crippen molar-refractivity contribution in [1.29, 1.82) is 0 Å². The van der Waals surface area contributed by atoms with E-state index in [9.17, 15) is 9.18 Å². The van der Waals surface area contributed by atoms with Crippen LogP contribution in [0.25, 0.3) is 0 Å². The number of hydrogen-bond acceptors (Lipinski definition) is 2. The van der Waals surface area contributed by atoms with Gasteiger partial charge in [0, 0.05) is 24.7 Å². The smallest absolute Gasteiger partial charge is 0.143 e. The molecule has 1 aromatic carbocycles. The molecule has 0 fully saturated rings. The zero-order chi connectivity index (χ0) is 13.1. The largest absolute Gasteiger partial charge is 0.299 e. The number of halogens is 2. The number of rotatable bonds is 4. The molecule has 0 atom stereocenters. The van der Waals surface area contributed by atoms with E-state index in [1.165, 1.54) is 18.2 Å². The van der Waals surface area contributed by atoms with Crippen molar-refractivity contribution in [2.45, 2.75) is 12.8 Å². The van der Waals surface area contributed by atoms with Crippen molar-refractivity contribution in [3.63, 3.8) is 0 Å². The van der Waals surface area contributed by atoms with Crippen LogP contribution in [0.3, 0.4) is 0 Å². The Morgan fingerprint density at radius 3 is 2.78 bits per heavy atom. The summed E-state index contributed by atoms with van der Waals surface area (Å²) in [5, 5.41) is 4.41. The summed E-state index contributed by atoms with van der Waals surface area (Å²) in [7, 11) is 1.80. The van der Waals surface area contributed by atoms with Crippen molar-refractivity contribution in [1.82, 2.24) is 9.78 Å². The Bertz CT molecular complexity index is 580. The van der Waals surface area contributed by atoms with Crippen molar-refractivity contribution in [3.05, 3.63) is 52.6 Å². The van der Waals surface area contributed by atoms with Crippen LogP contribution in [-0.2, 0) is 24.7 Å². The molecule has 0 spiro atoms. The van der Waals surface area contributed by atoms with Gasteiger partial charge in [-0.3, -0.25) is 9.48 Å². The lowest BCUT2D eigenvalue weighted by Crippen LogP contribution is -2.08. The van der Waals surface area contributed by atoms with E-state index in [4.69, 9.17) is 11.6 Å². The van der Waals surface area contributed by atoms with Crippen LogP contribution in [0, 0.1) is 5.82 Å². The first-order valence-corrected chi connectivity index (χ1v) is 5.86. The van der Waals surface area contributed by atoms with Gasteiger partial charge in [0.15, 0.2) is 0 Å². The average Bonchev–Trinajstić information content (AvgIpc) is 2.68. The van der Waals surface area contributed by atoms with Gasteiger partial charge in [-0.2, -0.15) is 5.10 Å². The molecule has 0 amide bonds. The summed E-state index contributed by atoms with van der Waals surface area (Å²) in [4.78, 5) is 11.8. The van der Waals surface area contributed by atoms with E-state index in [-0.39, 0.29) is 23.6 Å². The minimum absolute atomic E-state index is 0.00204. The maximum Gasteiger partial charge on any atom is 0.143 e. The highest BCUT2D eigenvalue weighted by atomic mass is 35.5. The second kappa shape index (κ2) is 5.31. The van der Waals surface area contributed by atoms with E-state index in [1.54, 1.807) is 24.0 Å². The van der Waals surface area contributed by atoms with E-state index in [0.29, 0.717) is 5.56 Å². The van der Waals surface area contributed by atoms with Crippen LogP contribution in [0.4, 0.5) is 4.39 Å². The monoisotopic (exact) mass is 266 g/mol. The molecule has 0 saturated heterocycles. The Labute approximate surface area is 109 Å². The third kappa shape index (κ3) is 3.17. The Morgan fingerprint density at radius 1 is 1.39 bits per heavy atom. The standard InChI is InChI=1S/C13H12ClFN2O/c1-17-5-4-11(16-17)8-12(18)6-9-2-3-10(15)7-13(9)14/h2-5,7H,6,8H2,1H3. The molecule has 0 N–H and O–H groups in total. The Kier molecular flexibility index (Phi) is 3.77. The number of aryl methyl sites for hydroxylation is 1. The summed E-state index contributed by atoms with van der Waals surface area (Å²) in [5.41, 5.74) is 1.36. The van der Waals surface area contributed by atoms with Crippen LogP contribution in [0.5, 0.6) is 0 Å². The number of aromatic nitrogens is 2. The molecule has 0 aliphatic rings. The minimum atomic E-state index is -0.402. The molecular formula is C13H12ClFN2O. The van der Waals surface area contributed by atoms with Gasteiger partial charge in [-0.15, -0.1) is 0 Å². The predicted molar refractivity (Wildman–Crippen MR) is 67.0 cm³/mol. The zero-order valence-electron chi connectivity index (χ0n) is 9.86. The van der Waals surface area contributed by atoms with E-state index < -0.39 is 5.82 Å². The van der Waals surface area contributed by atoms with Crippen LogP contribution < -0.4 is 0 Å². The number of Topliss-reactive ketones (excluding diaryl/α,β-unsaturated/α-hetero) is 1. The normalized spacial score (nSPS) is 10.6. The maximum absolute atomic E-state index is 12.9. The van der Waals surface area contributed by atoms with Gasteiger partial charge in [0.25, 0.3) is 0 Å². The van der Waals surface area contributed by atoms with Gasteiger partial charge >= 0.3 is 0 Å². The van der Waals surface area contributed by atoms with E-state index in [0.717, 1.165) is 5.69 Å². The average molecular weight is 267 g/mol. The molecule has 1 aromatic heterocycles. The second-order valence-electron chi connectivity index (χ2n) is 4.11. The SMILES string of the molecule is Cn1ccc(CC(=O)Cc2ccc(F)cc2Cl)n1. The quantitative estimate of drug-likeness (QED) is 0.852. The van der Waals surface area contributed by atoms with Crippen molar-refractivity contribution >= 4 is 17.4 Å². The number of ketones is 1. The van der Waals surface area contributed by atoms with Gasteiger partial charge in [-0.25, -0.2) is 4.39 Å². The van der Waals surface area contributed by atoms with E-state index in [1.807, 2.05) is 0 Å². The molecule has 0 radical (unpaired) electrons. The molecule has 0 bridgehead atoms. The first-order chi connectivity index (χ1) is 8.54. The summed E-state index contributed by atoms with van der Waals surface area (Å²) in [6.45, 7) is 0. The second-order valence-corrected chi connectivity index (χ2v) is 4.52. The number of benzene rings is 1. The molecule has 0 unspecified atom stereocenters. The fraction of sp³-hybridized carbons (Fsp3) is 0.231. The van der Waals surface area contributed by atoms with Gasteiger partial charge in [0.1, 0.15) is 11.6 Å². The molecule has 2 rings (SSSR count).